The summed E-state index contributed by atoms with van der Waals surface area (Å²) in [5.74, 6) is -0.864. The predicted octanol–water partition coefficient (Wildman–Crippen LogP) is 4.57. The minimum atomic E-state index is -4.82. The lowest BCUT2D eigenvalue weighted by molar-refractivity contribution is -0.384. The normalized spacial score (nSPS) is 18.2. The van der Waals surface area contributed by atoms with Crippen molar-refractivity contribution in [3.8, 4) is 0 Å². The number of anilines is 2. The summed E-state index contributed by atoms with van der Waals surface area (Å²) in [7, 11) is 0. The van der Waals surface area contributed by atoms with E-state index in [1.165, 1.54) is 19.1 Å². The Morgan fingerprint density at radius 2 is 1.72 bits per heavy atom. The molecular formula is C23H19F3N6O3S. The van der Waals surface area contributed by atoms with E-state index in [1.807, 2.05) is 4.90 Å². The van der Waals surface area contributed by atoms with Crippen molar-refractivity contribution in [2.75, 3.05) is 36.1 Å². The molecule has 36 heavy (non-hydrogen) atoms. The van der Waals surface area contributed by atoms with Gasteiger partial charge in [0.1, 0.15) is 0 Å². The molecule has 0 aliphatic carbocycles. The molecule has 0 unspecified atom stereocenters. The van der Waals surface area contributed by atoms with Crippen LogP contribution in [0.1, 0.15) is 6.92 Å². The number of nitro benzene ring substituents is 1. The number of thiazole rings is 1. The number of halogens is 3. The number of non-ortho nitro benzene ring substituents is 1. The molecule has 2 aliphatic rings. The van der Waals surface area contributed by atoms with Crippen LogP contribution in [0.2, 0.25) is 0 Å². The molecule has 5 rings (SSSR count). The number of hydrogen-bond acceptors (Lipinski definition) is 8. The number of alkyl halides is 3. The fraction of sp³-hybridized carbons (Fsp3) is 0.261. The fourth-order valence-corrected chi connectivity index (χ4v) is 5.17. The van der Waals surface area contributed by atoms with Crippen molar-refractivity contribution < 1.29 is 22.9 Å². The second kappa shape index (κ2) is 8.90. The summed E-state index contributed by atoms with van der Waals surface area (Å²) in [6, 6.07) is 13.1. The Morgan fingerprint density at radius 1 is 1.06 bits per heavy atom. The van der Waals surface area contributed by atoms with E-state index in [4.69, 9.17) is 0 Å². The van der Waals surface area contributed by atoms with Crippen LogP contribution in [-0.4, -0.2) is 58.8 Å². The van der Waals surface area contributed by atoms with Crippen molar-refractivity contribution in [2.24, 2.45) is 5.10 Å². The van der Waals surface area contributed by atoms with Crippen LogP contribution in [-0.2, 0) is 4.79 Å². The minimum Gasteiger partial charge on any atom is -0.371 e. The number of benzene rings is 2. The van der Waals surface area contributed by atoms with E-state index in [0.29, 0.717) is 31.7 Å². The maximum absolute atomic E-state index is 13.9. The highest BCUT2D eigenvalue weighted by molar-refractivity contribution is 7.22. The lowest BCUT2D eigenvalue weighted by Gasteiger charge is -2.38. The van der Waals surface area contributed by atoms with E-state index in [1.54, 1.807) is 41.3 Å². The van der Waals surface area contributed by atoms with E-state index >= 15 is 0 Å². The van der Waals surface area contributed by atoms with Crippen molar-refractivity contribution in [1.82, 2.24) is 9.88 Å². The third kappa shape index (κ3) is 4.26. The Balaban J connectivity index is 1.39. The number of rotatable bonds is 4. The molecule has 13 heteroatoms. The number of piperazine rings is 1. The van der Waals surface area contributed by atoms with Crippen LogP contribution in [0.25, 0.3) is 10.2 Å². The number of nitrogens with zero attached hydrogens (tertiary/aromatic N) is 6. The Labute approximate surface area is 206 Å². The van der Waals surface area contributed by atoms with Crippen LogP contribution in [0, 0.1) is 10.1 Å². The molecular weight excluding hydrogens is 497 g/mol. The van der Waals surface area contributed by atoms with Crippen molar-refractivity contribution in [2.45, 2.75) is 13.1 Å². The Hall–Kier alpha value is -4.00. The first kappa shape index (κ1) is 23.7. The molecule has 9 nitrogen and oxygen atoms in total. The van der Waals surface area contributed by atoms with Gasteiger partial charge in [-0.15, -0.1) is 0 Å². The molecule has 0 radical (unpaired) electrons. The van der Waals surface area contributed by atoms with Gasteiger partial charge in [0.05, 0.1) is 20.7 Å². The molecule has 2 aromatic carbocycles. The highest BCUT2D eigenvalue weighted by Gasteiger charge is 2.49. The van der Waals surface area contributed by atoms with Gasteiger partial charge in [-0.05, 0) is 31.2 Å². The minimum absolute atomic E-state index is 0.0191. The summed E-state index contributed by atoms with van der Waals surface area (Å²) in [4.78, 5) is 31.6. The maximum atomic E-state index is 13.9. The van der Waals surface area contributed by atoms with Crippen LogP contribution in [0.5, 0.6) is 0 Å². The lowest BCUT2D eigenvalue weighted by Crippen LogP contribution is -2.46. The third-order valence-corrected chi connectivity index (χ3v) is 7.13. The first-order valence-electron chi connectivity index (χ1n) is 10.9. The first-order valence-corrected chi connectivity index (χ1v) is 11.8. The summed E-state index contributed by atoms with van der Waals surface area (Å²) < 4.78 is 42.6. The molecule has 0 N–H and O–H groups in total. The Kier molecular flexibility index (Phi) is 5.86. The highest BCUT2D eigenvalue weighted by Crippen LogP contribution is 2.37. The highest BCUT2D eigenvalue weighted by atomic mass is 32.1. The standard InChI is InChI=1S/C23H19F3N6O3S/c1-14(29-10-12-30(13-11-29)15-6-8-16(9-7-15)32(34)35)19-20(23(24,25)26)28-31(21(19)33)22-27-17-4-2-3-5-18(17)36-22/h2-9H,10-13H2,1H3. The zero-order valence-corrected chi connectivity index (χ0v) is 19.7. The van der Waals surface area contributed by atoms with E-state index in [2.05, 4.69) is 10.1 Å². The molecule has 1 saturated heterocycles. The number of amides is 1. The van der Waals surface area contributed by atoms with E-state index in [0.717, 1.165) is 26.7 Å². The van der Waals surface area contributed by atoms with E-state index in [9.17, 15) is 28.1 Å². The second-order valence-electron chi connectivity index (χ2n) is 8.24. The smallest absolute Gasteiger partial charge is 0.371 e. The lowest BCUT2D eigenvalue weighted by atomic mass is 10.1. The van der Waals surface area contributed by atoms with Crippen LogP contribution < -0.4 is 9.91 Å². The van der Waals surface area contributed by atoms with Gasteiger partial charge in [0.25, 0.3) is 11.6 Å². The van der Waals surface area contributed by atoms with Crippen LogP contribution in [0.3, 0.4) is 0 Å². The van der Waals surface area contributed by atoms with Crippen molar-refractivity contribution in [3.63, 3.8) is 0 Å². The molecule has 186 valence electrons. The number of fused-ring (bicyclic) bond motifs is 1. The largest absolute Gasteiger partial charge is 0.436 e. The van der Waals surface area contributed by atoms with Crippen LogP contribution in [0.15, 0.2) is 64.9 Å². The molecule has 0 bridgehead atoms. The number of nitro groups is 1. The zero-order chi connectivity index (χ0) is 25.6. The monoisotopic (exact) mass is 516 g/mol. The molecule has 0 saturated carbocycles. The number of hydrogen-bond donors (Lipinski definition) is 0. The Morgan fingerprint density at radius 3 is 2.33 bits per heavy atom. The number of aromatic nitrogens is 1. The Bertz CT molecular complexity index is 1380. The molecule has 1 fully saturated rings. The summed E-state index contributed by atoms with van der Waals surface area (Å²) in [5, 5.41) is 15.3. The summed E-state index contributed by atoms with van der Waals surface area (Å²) in [6.45, 7) is 3.17. The van der Waals surface area contributed by atoms with Gasteiger partial charge in [-0.3, -0.25) is 14.9 Å². The number of allylic oxidation sites excluding steroid dienone is 1. The van der Waals surface area contributed by atoms with Crippen LogP contribution >= 0.6 is 11.3 Å². The SMILES string of the molecule is CC(=C1C(=O)N(c2nc3ccccc3s2)N=C1C(F)(F)F)N1CCN(c2ccc([N+](=O)[O-])cc2)CC1. The van der Waals surface area contributed by atoms with Gasteiger partial charge in [-0.25, -0.2) is 4.98 Å². The first-order chi connectivity index (χ1) is 17.1. The number of carbonyl (C=O) groups excluding carboxylic acids is 1. The quantitative estimate of drug-likeness (QED) is 0.287. The van der Waals surface area contributed by atoms with Gasteiger partial charge in [0, 0.05) is 49.7 Å². The molecule has 0 atom stereocenters. The van der Waals surface area contributed by atoms with Gasteiger partial charge >= 0.3 is 6.18 Å². The number of carbonyl (C=O) groups is 1. The van der Waals surface area contributed by atoms with Crippen molar-refractivity contribution in [3.05, 3.63) is 69.9 Å². The van der Waals surface area contributed by atoms with Gasteiger partial charge in [-0.1, -0.05) is 23.5 Å². The summed E-state index contributed by atoms with van der Waals surface area (Å²) >= 11 is 1.10. The molecule has 2 aliphatic heterocycles. The average molecular weight is 517 g/mol. The number of para-hydroxylation sites is 1. The van der Waals surface area contributed by atoms with Crippen LogP contribution in [0.4, 0.5) is 29.7 Å². The topological polar surface area (TPSA) is 95.2 Å². The van der Waals surface area contributed by atoms with Gasteiger partial charge in [0.2, 0.25) is 5.13 Å². The average Bonchev–Trinajstić information content (AvgIpc) is 3.44. The van der Waals surface area contributed by atoms with E-state index in [-0.39, 0.29) is 16.5 Å². The summed E-state index contributed by atoms with van der Waals surface area (Å²) in [6.07, 6.45) is -4.82. The molecule has 3 aromatic rings. The molecule has 0 spiro atoms. The molecule has 1 aromatic heterocycles. The van der Waals surface area contributed by atoms with Crippen molar-refractivity contribution >= 4 is 49.7 Å². The van der Waals surface area contributed by atoms with Gasteiger partial charge < -0.3 is 9.80 Å². The third-order valence-electron chi connectivity index (χ3n) is 6.12. The zero-order valence-electron chi connectivity index (χ0n) is 18.9. The summed E-state index contributed by atoms with van der Waals surface area (Å²) in [5.41, 5.74) is -0.183. The fourth-order valence-electron chi connectivity index (χ4n) is 4.25. The molecule has 1 amide bonds. The second-order valence-corrected chi connectivity index (χ2v) is 9.24. The van der Waals surface area contributed by atoms with Gasteiger partial charge in [0.15, 0.2) is 5.71 Å². The predicted molar refractivity (Wildman–Crippen MR) is 130 cm³/mol. The van der Waals surface area contributed by atoms with Gasteiger partial charge in [-0.2, -0.15) is 23.3 Å². The number of hydrazone groups is 1. The van der Waals surface area contributed by atoms with Crippen molar-refractivity contribution in [1.29, 1.82) is 0 Å². The molecule has 3 heterocycles. The maximum Gasteiger partial charge on any atom is 0.436 e. The van der Waals surface area contributed by atoms with E-state index < -0.39 is 28.3 Å².